The summed E-state index contributed by atoms with van der Waals surface area (Å²) in [5.74, 6) is 0. The van der Waals surface area contributed by atoms with E-state index in [1.54, 1.807) is 0 Å². The van der Waals surface area contributed by atoms with Crippen molar-refractivity contribution in [1.29, 1.82) is 0 Å². The monoisotopic (exact) mass is 624 g/mol. The number of hydrogen-bond donors (Lipinski definition) is 0. The average Bonchev–Trinajstić information content (AvgIpc) is 0. The molecule has 0 radical (unpaired) electrons. The van der Waals surface area contributed by atoms with E-state index in [1.165, 1.54) is 0 Å². The molecule has 0 aromatic carbocycles. The van der Waals surface area contributed by atoms with Crippen molar-refractivity contribution in [2.45, 2.75) is 0 Å². The smallest absolute Gasteiger partial charge is 0 e. The fraction of sp³-hybridized carbons (Fsp3) is 0. The Balaban J connectivity index is 0. The van der Waals surface area contributed by atoms with Gasteiger partial charge >= 0.3 is 52.8 Å². The summed E-state index contributed by atoms with van der Waals surface area (Å²) in [5, 5.41) is 0. The van der Waals surface area contributed by atoms with E-state index in [-0.39, 0.29) is 94.9 Å². The Hall–Kier alpha value is 3.01. The zero-order valence-corrected chi connectivity index (χ0v) is 5.18. The Morgan fingerprint density at radius 2 is 0.400 bits per heavy atom. The zero-order chi connectivity index (χ0) is 0. The van der Waals surface area contributed by atoms with Gasteiger partial charge in [-0.3, -0.25) is 0 Å². The molecular formula is H12Ge3Pt2. The Labute approximate surface area is 93.4 Å². The van der Waals surface area contributed by atoms with Crippen LogP contribution in [0.4, 0.5) is 0 Å². The van der Waals surface area contributed by atoms with E-state index in [1.807, 2.05) is 0 Å². The number of hydrogen-bond acceptors (Lipinski definition) is 0. The maximum Gasteiger partial charge on any atom is 0 e. The zero-order valence-electron chi connectivity index (χ0n) is 0.632. The summed E-state index contributed by atoms with van der Waals surface area (Å²) in [6, 6.07) is 0. The average molecular weight is 620 g/mol. The van der Waals surface area contributed by atoms with Gasteiger partial charge in [0.25, 0.3) is 0 Å². The third-order valence-electron chi connectivity index (χ3n) is 0. The molecule has 0 aliphatic heterocycles. The first-order valence-electron chi connectivity index (χ1n) is 0. The molecule has 5 heavy (non-hydrogen) atoms. The van der Waals surface area contributed by atoms with E-state index < -0.39 is 0 Å². The molecule has 0 fully saturated rings. The maximum absolute atomic E-state index is 0. The van der Waals surface area contributed by atoms with Crippen LogP contribution in [0.5, 0.6) is 0 Å². The van der Waals surface area contributed by atoms with Gasteiger partial charge in [0.2, 0.25) is 0 Å². The molecule has 0 aromatic rings. The third-order valence-corrected chi connectivity index (χ3v) is 0. The fourth-order valence-electron chi connectivity index (χ4n) is 0. The minimum atomic E-state index is 0. The molecule has 0 saturated carbocycles. The molecule has 0 atom stereocenters. The van der Waals surface area contributed by atoms with Crippen molar-refractivity contribution >= 4 is 52.8 Å². The van der Waals surface area contributed by atoms with E-state index in [0.717, 1.165) is 0 Å². The Morgan fingerprint density at radius 1 is 0.400 bits per heavy atom. The van der Waals surface area contributed by atoms with Crippen LogP contribution in [0.1, 0.15) is 0 Å². The topological polar surface area (TPSA) is 0 Å². The van der Waals surface area contributed by atoms with Crippen LogP contribution in [0.25, 0.3) is 0 Å². The van der Waals surface area contributed by atoms with E-state index in [0.29, 0.717) is 0 Å². The fourth-order valence-corrected chi connectivity index (χ4v) is 0. The van der Waals surface area contributed by atoms with Crippen molar-refractivity contribution < 1.29 is 42.1 Å². The van der Waals surface area contributed by atoms with Gasteiger partial charge in [0.05, 0.1) is 0 Å². The predicted molar refractivity (Wildman–Crippen MR) is 34.0 cm³/mol. The van der Waals surface area contributed by atoms with Crippen LogP contribution in [0, 0.1) is 0 Å². The molecule has 44 valence electrons. The van der Waals surface area contributed by atoms with Crippen molar-refractivity contribution in [3.63, 3.8) is 0 Å². The molecule has 0 heterocycles. The van der Waals surface area contributed by atoms with Gasteiger partial charge in [-0.25, -0.2) is 0 Å². The molecule has 5 heteroatoms. The van der Waals surface area contributed by atoms with Crippen LogP contribution in [0.3, 0.4) is 0 Å². The van der Waals surface area contributed by atoms with E-state index in [9.17, 15) is 0 Å². The van der Waals surface area contributed by atoms with E-state index >= 15 is 0 Å². The minimum absolute atomic E-state index is 0. The quantitative estimate of drug-likeness (QED) is 0.241. The van der Waals surface area contributed by atoms with Crippen LogP contribution in [-0.2, 0) is 42.1 Å². The van der Waals surface area contributed by atoms with E-state index in [4.69, 9.17) is 0 Å². The first-order valence-corrected chi connectivity index (χ1v) is 0. The van der Waals surface area contributed by atoms with Crippen LogP contribution in [0.15, 0.2) is 0 Å². The Bertz CT molecular complexity index is 4.85. The molecular weight excluding hydrogens is 608 g/mol. The standard InChI is InChI=1S/3GeH4.2Pt/h3*1H4;;. The first kappa shape index (κ1) is 43.5. The predicted octanol–water partition coefficient (Wildman–Crippen LogP) is -4.36. The molecule has 0 saturated heterocycles. The van der Waals surface area contributed by atoms with Crippen molar-refractivity contribution in [2.24, 2.45) is 0 Å². The summed E-state index contributed by atoms with van der Waals surface area (Å²) in [4.78, 5) is 0. The molecule has 0 unspecified atom stereocenters. The van der Waals surface area contributed by atoms with Gasteiger partial charge in [-0.2, -0.15) is 0 Å². The minimum Gasteiger partial charge on any atom is 0 e. The first-order chi connectivity index (χ1) is 0. The van der Waals surface area contributed by atoms with Crippen LogP contribution in [-0.4, -0.2) is 52.8 Å². The molecule has 0 aliphatic carbocycles. The van der Waals surface area contributed by atoms with Gasteiger partial charge in [-0.05, 0) is 0 Å². The van der Waals surface area contributed by atoms with Gasteiger partial charge in [-0.1, -0.05) is 0 Å². The Morgan fingerprint density at radius 3 is 0.400 bits per heavy atom. The van der Waals surface area contributed by atoms with E-state index in [2.05, 4.69) is 0 Å². The van der Waals surface area contributed by atoms with Gasteiger partial charge in [-0.15, -0.1) is 0 Å². The normalized spacial score (nSPS) is 0. The summed E-state index contributed by atoms with van der Waals surface area (Å²) in [6.45, 7) is 0. The maximum atomic E-state index is 0. The van der Waals surface area contributed by atoms with Gasteiger partial charge in [0, 0.05) is 42.1 Å². The van der Waals surface area contributed by atoms with Crippen LogP contribution >= 0.6 is 0 Å². The molecule has 0 N–H and O–H groups in total. The second-order valence-corrected chi connectivity index (χ2v) is 0. The summed E-state index contributed by atoms with van der Waals surface area (Å²) in [6.07, 6.45) is 0. The second-order valence-electron chi connectivity index (χ2n) is 0. The molecule has 0 amide bonds. The summed E-state index contributed by atoms with van der Waals surface area (Å²) < 4.78 is 0. The van der Waals surface area contributed by atoms with Crippen molar-refractivity contribution in [2.75, 3.05) is 0 Å². The summed E-state index contributed by atoms with van der Waals surface area (Å²) in [7, 11) is 0. The van der Waals surface area contributed by atoms with Crippen LogP contribution < -0.4 is 0 Å². The van der Waals surface area contributed by atoms with Crippen molar-refractivity contribution in [3.05, 3.63) is 0 Å². The molecule has 0 rings (SSSR count). The SMILES string of the molecule is [GeH4].[GeH4].[GeH4].[Pt].[Pt]. The van der Waals surface area contributed by atoms with Crippen LogP contribution in [0.2, 0.25) is 0 Å². The summed E-state index contributed by atoms with van der Waals surface area (Å²) in [5.41, 5.74) is 0. The van der Waals surface area contributed by atoms with Gasteiger partial charge < -0.3 is 0 Å². The van der Waals surface area contributed by atoms with Crippen molar-refractivity contribution in [3.8, 4) is 0 Å². The van der Waals surface area contributed by atoms with Gasteiger partial charge in [0.15, 0.2) is 0 Å². The summed E-state index contributed by atoms with van der Waals surface area (Å²) >= 11 is 0. The molecule has 0 aromatic heterocycles. The molecule has 0 bridgehead atoms. The van der Waals surface area contributed by atoms with Crippen molar-refractivity contribution in [1.82, 2.24) is 0 Å². The molecule has 0 spiro atoms. The largest absolute Gasteiger partial charge is 0 e. The number of rotatable bonds is 0. The second kappa shape index (κ2) is 28.0. The molecule has 0 aliphatic rings. The van der Waals surface area contributed by atoms with Gasteiger partial charge in [0.1, 0.15) is 0 Å². The molecule has 0 nitrogen and oxygen atoms in total. The Kier molecular flexibility index (Phi) is 243. The third kappa shape index (κ3) is 19.4.